The van der Waals surface area contributed by atoms with Gasteiger partial charge in [-0.05, 0) is 42.8 Å². The number of rotatable bonds is 3. The molecular formula is C21H17ClN2O3. The topological polar surface area (TPSA) is 66.5 Å². The molecule has 0 bridgehead atoms. The van der Waals surface area contributed by atoms with Crippen molar-refractivity contribution in [2.75, 3.05) is 4.90 Å². The zero-order valence-corrected chi connectivity index (χ0v) is 15.1. The Hall–Kier alpha value is -2.92. The SMILES string of the molecule is O=C(N[C@H]1C=CC[C@H]2C(=O)N(c3ccc(Cl)cc3)C(=O)[C@@H]12)c1ccccc1. The summed E-state index contributed by atoms with van der Waals surface area (Å²) in [5.41, 5.74) is 1.01. The first-order valence-corrected chi connectivity index (χ1v) is 9.10. The molecule has 3 amide bonds. The minimum atomic E-state index is -0.606. The molecule has 1 aliphatic carbocycles. The maximum atomic E-state index is 13.1. The number of anilines is 1. The fraction of sp³-hybridized carbons (Fsp3) is 0.190. The summed E-state index contributed by atoms with van der Waals surface area (Å²) in [4.78, 5) is 39.6. The minimum Gasteiger partial charge on any atom is -0.345 e. The van der Waals surface area contributed by atoms with Crippen LogP contribution in [0.3, 0.4) is 0 Å². The van der Waals surface area contributed by atoms with Crippen LogP contribution in [0.1, 0.15) is 16.8 Å². The number of carbonyl (C=O) groups is 3. The molecule has 2 aliphatic rings. The Morgan fingerprint density at radius 3 is 2.41 bits per heavy atom. The normalized spacial score (nSPS) is 24.0. The number of fused-ring (bicyclic) bond motifs is 1. The maximum absolute atomic E-state index is 13.1. The number of amides is 3. The molecule has 0 radical (unpaired) electrons. The van der Waals surface area contributed by atoms with E-state index in [9.17, 15) is 14.4 Å². The largest absolute Gasteiger partial charge is 0.345 e. The summed E-state index contributed by atoms with van der Waals surface area (Å²) in [6.45, 7) is 0. The van der Waals surface area contributed by atoms with Crippen LogP contribution >= 0.6 is 11.6 Å². The van der Waals surface area contributed by atoms with Gasteiger partial charge in [-0.1, -0.05) is 42.0 Å². The summed E-state index contributed by atoms with van der Waals surface area (Å²) in [6, 6.07) is 14.9. The Morgan fingerprint density at radius 2 is 1.70 bits per heavy atom. The highest BCUT2D eigenvalue weighted by Crippen LogP contribution is 2.38. The van der Waals surface area contributed by atoms with Crippen molar-refractivity contribution in [2.24, 2.45) is 11.8 Å². The van der Waals surface area contributed by atoms with Gasteiger partial charge in [-0.25, -0.2) is 4.90 Å². The number of hydrogen-bond acceptors (Lipinski definition) is 3. The minimum absolute atomic E-state index is 0.240. The van der Waals surface area contributed by atoms with E-state index in [1.807, 2.05) is 12.1 Å². The van der Waals surface area contributed by atoms with Gasteiger partial charge in [-0.2, -0.15) is 0 Å². The second-order valence-electron chi connectivity index (χ2n) is 6.65. The van der Waals surface area contributed by atoms with E-state index in [-0.39, 0.29) is 17.7 Å². The molecule has 1 fully saturated rings. The molecule has 0 saturated carbocycles. The van der Waals surface area contributed by atoms with Crippen molar-refractivity contribution in [1.82, 2.24) is 5.32 Å². The van der Waals surface area contributed by atoms with Crippen LogP contribution in [0.15, 0.2) is 66.7 Å². The van der Waals surface area contributed by atoms with Crippen LogP contribution < -0.4 is 10.2 Å². The number of halogens is 1. The lowest BCUT2D eigenvalue weighted by Crippen LogP contribution is -2.45. The molecule has 0 unspecified atom stereocenters. The molecule has 136 valence electrons. The third-order valence-corrected chi connectivity index (χ3v) is 5.27. The Kier molecular flexibility index (Phi) is 4.54. The number of benzene rings is 2. The number of carbonyl (C=O) groups excluding carboxylic acids is 3. The van der Waals surface area contributed by atoms with Gasteiger partial charge < -0.3 is 5.32 Å². The van der Waals surface area contributed by atoms with Crippen LogP contribution in [-0.4, -0.2) is 23.8 Å². The van der Waals surface area contributed by atoms with E-state index in [1.165, 1.54) is 4.90 Å². The molecule has 6 heteroatoms. The van der Waals surface area contributed by atoms with Crippen molar-refractivity contribution in [2.45, 2.75) is 12.5 Å². The second-order valence-corrected chi connectivity index (χ2v) is 7.09. The van der Waals surface area contributed by atoms with E-state index in [4.69, 9.17) is 11.6 Å². The van der Waals surface area contributed by atoms with Gasteiger partial charge in [-0.3, -0.25) is 14.4 Å². The van der Waals surface area contributed by atoms with Crippen molar-refractivity contribution >= 4 is 35.0 Å². The predicted molar refractivity (Wildman–Crippen MR) is 102 cm³/mol. The smallest absolute Gasteiger partial charge is 0.251 e. The highest BCUT2D eigenvalue weighted by atomic mass is 35.5. The van der Waals surface area contributed by atoms with E-state index in [0.29, 0.717) is 22.7 Å². The van der Waals surface area contributed by atoms with Gasteiger partial charge >= 0.3 is 0 Å². The van der Waals surface area contributed by atoms with E-state index in [1.54, 1.807) is 54.6 Å². The Labute approximate surface area is 161 Å². The molecule has 27 heavy (non-hydrogen) atoms. The fourth-order valence-corrected chi connectivity index (χ4v) is 3.82. The number of imide groups is 1. The molecule has 1 saturated heterocycles. The average molecular weight is 381 g/mol. The molecule has 2 aromatic rings. The second kappa shape index (κ2) is 7.00. The quantitative estimate of drug-likeness (QED) is 0.656. The average Bonchev–Trinajstić information content (AvgIpc) is 2.95. The van der Waals surface area contributed by atoms with Gasteiger partial charge in [0.1, 0.15) is 0 Å². The van der Waals surface area contributed by atoms with Crippen LogP contribution in [0.5, 0.6) is 0 Å². The number of nitrogens with one attached hydrogen (secondary N) is 1. The lowest BCUT2D eigenvalue weighted by atomic mass is 9.81. The molecule has 1 heterocycles. The van der Waals surface area contributed by atoms with E-state index < -0.39 is 17.9 Å². The van der Waals surface area contributed by atoms with Gasteiger partial charge in [0, 0.05) is 10.6 Å². The molecule has 2 aromatic carbocycles. The fourth-order valence-electron chi connectivity index (χ4n) is 3.70. The summed E-state index contributed by atoms with van der Waals surface area (Å²) in [5, 5.41) is 3.42. The first kappa shape index (κ1) is 17.5. The van der Waals surface area contributed by atoms with Gasteiger partial charge in [0.2, 0.25) is 11.8 Å². The van der Waals surface area contributed by atoms with Crippen LogP contribution in [-0.2, 0) is 9.59 Å². The molecular weight excluding hydrogens is 364 g/mol. The molecule has 1 N–H and O–H groups in total. The van der Waals surface area contributed by atoms with Gasteiger partial charge in [0.25, 0.3) is 5.91 Å². The lowest BCUT2D eigenvalue weighted by molar-refractivity contribution is -0.122. The molecule has 3 atom stereocenters. The molecule has 1 aliphatic heterocycles. The highest BCUT2D eigenvalue weighted by Gasteiger charge is 2.52. The van der Waals surface area contributed by atoms with Crippen LogP contribution in [0, 0.1) is 11.8 Å². The first-order valence-electron chi connectivity index (χ1n) is 8.72. The lowest BCUT2D eigenvalue weighted by Gasteiger charge is -2.27. The molecule has 0 aromatic heterocycles. The van der Waals surface area contributed by atoms with Crippen molar-refractivity contribution in [3.8, 4) is 0 Å². The third kappa shape index (κ3) is 3.15. The molecule has 5 nitrogen and oxygen atoms in total. The van der Waals surface area contributed by atoms with Crippen LogP contribution in [0.4, 0.5) is 5.69 Å². The van der Waals surface area contributed by atoms with Crippen molar-refractivity contribution in [1.29, 1.82) is 0 Å². The molecule has 4 rings (SSSR count). The zero-order chi connectivity index (χ0) is 19.0. The van der Waals surface area contributed by atoms with E-state index in [2.05, 4.69) is 5.32 Å². The number of nitrogens with zero attached hydrogens (tertiary/aromatic N) is 1. The van der Waals surface area contributed by atoms with Crippen molar-refractivity contribution < 1.29 is 14.4 Å². The summed E-state index contributed by atoms with van der Waals surface area (Å²) >= 11 is 5.91. The van der Waals surface area contributed by atoms with Crippen molar-refractivity contribution in [3.05, 3.63) is 77.3 Å². The first-order chi connectivity index (χ1) is 13.1. The summed E-state index contributed by atoms with van der Waals surface area (Å²) in [6.07, 6.45) is 4.14. The Bertz CT molecular complexity index is 924. The van der Waals surface area contributed by atoms with Crippen LogP contribution in [0.25, 0.3) is 0 Å². The summed E-state index contributed by atoms with van der Waals surface area (Å²) in [5.74, 6) is -1.88. The van der Waals surface area contributed by atoms with Crippen molar-refractivity contribution in [3.63, 3.8) is 0 Å². The standard InChI is InChI=1S/C21H17ClN2O3/c22-14-9-11-15(12-10-14)24-20(26)16-7-4-8-17(18(16)21(24)27)23-19(25)13-5-2-1-3-6-13/h1-6,8-12,16-18H,7H2,(H,23,25)/t16-,17+,18-/m1/s1. The summed E-state index contributed by atoms with van der Waals surface area (Å²) < 4.78 is 0. The number of hydrogen-bond donors (Lipinski definition) is 1. The zero-order valence-electron chi connectivity index (χ0n) is 14.3. The van der Waals surface area contributed by atoms with E-state index >= 15 is 0 Å². The highest BCUT2D eigenvalue weighted by molar-refractivity contribution is 6.30. The summed E-state index contributed by atoms with van der Waals surface area (Å²) in [7, 11) is 0. The van der Waals surface area contributed by atoms with Crippen LogP contribution in [0.2, 0.25) is 5.02 Å². The number of allylic oxidation sites excluding steroid dienone is 1. The predicted octanol–water partition coefficient (Wildman–Crippen LogP) is 3.20. The Morgan fingerprint density at radius 1 is 1.00 bits per heavy atom. The third-order valence-electron chi connectivity index (χ3n) is 5.02. The molecule has 0 spiro atoms. The van der Waals surface area contributed by atoms with Gasteiger partial charge in [0.05, 0.1) is 23.6 Å². The van der Waals surface area contributed by atoms with E-state index in [0.717, 1.165) is 0 Å². The maximum Gasteiger partial charge on any atom is 0.251 e. The Balaban J connectivity index is 1.60. The van der Waals surface area contributed by atoms with Gasteiger partial charge in [0.15, 0.2) is 0 Å². The van der Waals surface area contributed by atoms with Gasteiger partial charge in [-0.15, -0.1) is 0 Å². The monoisotopic (exact) mass is 380 g/mol.